The molecule has 5 heteroatoms. The van der Waals surface area contributed by atoms with Gasteiger partial charge in [0.05, 0.1) is 11.8 Å². The van der Waals surface area contributed by atoms with E-state index in [9.17, 15) is 4.79 Å². The van der Waals surface area contributed by atoms with Gasteiger partial charge in [0, 0.05) is 36.6 Å². The first-order valence-electron chi connectivity index (χ1n) is 9.44. The first kappa shape index (κ1) is 18.8. The van der Waals surface area contributed by atoms with Crippen LogP contribution in [0.15, 0.2) is 54.7 Å². The van der Waals surface area contributed by atoms with E-state index in [1.165, 1.54) is 10.9 Å². The zero-order chi connectivity index (χ0) is 19.1. The maximum Gasteiger partial charge on any atom is 0.221 e. The van der Waals surface area contributed by atoms with E-state index in [0.717, 1.165) is 23.4 Å². The van der Waals surface area contributed by atoms with Gasteiger partial charge in [-0.1, -0.05) is 30.3 Å². The van der Waals surface area contributed by atoms with Crippen LogP contribution in [0.1, 0.15) is 25.8 Å². The molecule has 0 aliphatic rings. The molecule has 0 atom stereocenters. The molecule has 1 aromatic heterocycles. The Labute approximate surface area is 160 Å². The molecule has 2 aromatic carbocycles. The van der Waals surface area contributed by atoms with E-state index >= 15 is 0 Å². The molecule has 0 aliphatic heterocycles. The molecule has 5 nitrogen and oxygen atoms in total. The quantitative estimate of drug-likeness (QED) is 0.534. The minimum absolute atomic E-state index is 0.0459. The van der Waals surface area contributed by atoms with E-state index < -0.39 is 0 Å². The molecule has 0 aliphatic carbocycles. The molecule has 3 rings (SSSR count). The van der Waals surface area contributed by atoms with Crippen molar-refractivity contribution in [2.45, 2.75) is 32.8 Å². The van der Waals surface area contributed by atoms with Crippen LogP contribution in [0.5, 0.6) is 5.75 Å². The Morgan fingerprint density at radius 1 is 1.07 bits per heavy atom. The maximum absolute atomic E-state index is 12.1. The predicted molar refractivity (Wildman–Crippen MR) is 110 cm³/mol. The van der Waals surface area contributed by atoms with E-state index in [1.807, 2.05) is 56.4 Å². The number of aromatic amines is 1. The van der Waals surface area contributed by atoms with Crippen LogP contribution >= 0.6 is 0 Å². The Kier molecular flexibility index (Phi) is 6.36. The molecule has 142 valence electrons. The fourth-order valence-corrected chi connectivity index (χ4v) is 3.04. The number of carbonyl (C=O) groups is 1. The number of rotatable bonds is 9. The topological polar surface area (TPSA) is 66.2 Å². The molecule has 0 fully saturated rings. The number of ether oxygens (including phenoxy) is 1. The van der Waals surface area contributed by atoms with Gasteiger partial charge in [0.1, 0.15) is 5.75 Å². The maximum atomic E-state index is 12.1. The van der Waals surface area contributed by atoms with Gasteiger partial charge in [-0.3, -0.25) is 4.79 Å². The van der Waals surface area contributed by atoms with Crippen molar-refractivity contribution in [3.63, 3.8) is 0 Å². The van der Waals surface area contributed by atoms with E-state index in [4.69, 9.17) is 4.74 Å². The highest BCUT2D eigenvalue weighted by Gasteiger charge is 2.07. The average Bonchev–Trinajstić information content (AvgIpc) is 3.06. The average molecular weight is 365 g/mol. The number of hydrogen-bond donors (Lipinski definition) is 3. The second-order valence-corrected chi connectivity index (χ2v) is 6.80. The van der Waals surface area contributed by atoms with Crippen LogP contribution < -0.4 is 15.4 Å². The van der Waals surface area contributed by atoms with Gasteiger partial charge in [-0.25, -0.2) is 0 Å². The molecule has 1 amide bonds. The zero-order valence-corrected chi connectivity index (χ0v) is 15.9. The molecule has 27 heavy (non-hydrogen) atoms. The molecule has 0 radical (unpaired) electrons. The Morgan fingerprint density at radius 2 is 1.85 bits per heavy atom. The van der Waals surface area contributed by atoms with Gasteiger partial charge in [0.15, 0.2) is 0 Å². The predicted octanol–water partition coefficient (Wildman–Crippen LogP) is 4.12. The lowest BCUT2D eigenvalue weighted by atomic mass is 10.1. The molecule has 1 heterocycles. The largest absolute Gasteiger partial charge is 0.489 e. The molecule has 0 bridgehead atoms. The molecule has 3 aromatic rings. The monoisotopic (exact) mass is 365 g/mol. The SMILES string of the molecule is CC(C)Oc1ccccc1NCCC(=O)NCCc1c[nH]c2ccccc12. The number of fused-ring (bicyclic) bond motifs is 1. The first-order valence-corrected chi connectivity index (χ1v) is 9.44. The van der Waals surface area contributed by atoms with Gasteiger partial charge in [-0.2, -0.15) is 0 Å². The van der Waals surface area contributed by atoms with Gasteiger partial charge in [-0.05, 0) is 44.0 Å². The third kappa shape index (κ3) is 5.26. The fraction of sp³-hybridized carbons (Fsp3) is 0.318. The third-order valence-corrected chi connectivity index (χ3v) is 4.31. The first-order chi connectivity index (χ1) is 13.1. The van der Waals surface area contributed by atoms with Gasteiger partial charge >= 0.3 is 0 Å². The number of hydrogen-bond acceptors (Lipinski definition) is 3. The molecular weight excluding hydrogens is 338 g/mol. The molecule has 3 N–H and O–H groups in total. The van der Waals surface area contributed by atoms with Gasteiger partial charge in [0.2, 0.25) is 5.91 Å². The lowest BCUT2D eigenvalue weighted by Gasteiger charge is -2.15. The zero-order valence-electron chi connectivity index (χ0n) is 15.9. The van der Waals surface area contributed by atoms with Crippen molar-refractivity contribution in [3.8, 4) is 5.75 Å². The summed E-state index contributed by atoms with van der Waals surface area (Å²) in [6, 6.07) is 16.0. The second kappa shape index (κ2) is 9.12. The van der Waals surface area contributed by atoms with Crippen LogP contribution in [0.4, 0.5) is 5.69 Å². The molecule has 0 saturated carbocycles. The molecular formula is C22H27N3O2. The Morgan fingerprint density at radius 3 is 2.70 bits per heavy atom. The fourth-order valence-electron chi connectivity index (χ4n) is 3.04. The van der Waals surface area contributed by atoms with E-state index in [1.54, 1.807) is 0 Å². The number of anilines is 1. The van der Waals surface area contributed by atoms with Crippen molar-refractivity contribution in [2.75, 3.05) is 18.4 Å². The Balaban J connectivity index is 1.41. The number of nitrogens with one attached hydrogen (secondary N) is 3. The summed E-state index contributed by atoms with van der Waals surface area (Å²) >= 11 is 0. The van der Waals surface area contributed by atoms with Crippen molar-refractivity contribution >= 4 is 22.5 Å². The Bertz CT molecular complexity index is 886. The summed E-state index contributed by atoms with van der Waals surface area (Å²) in [4.78, 5) is 15.4. The van der Waals surface area contributed by atoms with Crippen molar-refractivity contribution in [1.82, 2.24) is 10.3 Å². The lowest BCUT2D eigenvalue weighted by molar-refractivity contribution is -0.120. The van der Waals surface area contributed by atoms with Crippen LogP contribution in [0, 0.1) is 0 Å². The van der Waals surface area contributed by atoms with Crippen LogP contribution in [0.2, 0.25) is 0 Å². The van der Waals surface area contributed by atoms with Crippen LogP contribution in [-0.4, -0.2) is 30.1 Å². The highest BCUT2D eigenvalue weighted by molar-refractivity contribution is 5.83. The second-order valence-electron chi connectivity index (χ2n) is 6.80. The molecule has 0 unspecified atom stereocenters. The van der Waals surface area contributed by atoms with Crippen LogP contribution in [0.3, 0.4) is 0 Å². The smallest absolute Gasteiger partial charge is 0.221 e. The normalized spacial score (nSPS) is 10.9. The minimum atomic E-state index is 0.0459. The standard InChI is InChI=1S/C22H27N3O2/c1-16(2)27-21-10-6-5-9-20(21)23-14-12-22(26)24-13-11-17-15-25-19-8-4-3-7-18(17)19/h3-10,15-16,23,25H,11-14H2,1-2H3,(H,24,26). The van der Waals surface area contributed by atoms with Crippen molar-refractivity contribution in [2.24, 2.45) is 0 Å². The van der Waals surface area contributed by atoms with Crippen molar-refractivity contribution < 1.29 is 9.53 Å². The summed E-state index contributed by atoms with van der Waals surface area (Å²) in [6.07, 6.45) is 3.36. The summed E-state index contributed by atoms with van der Waals surface area (Å²) in [7, 11) is 0. The van der Waals surface area contributed by atoms with E-state index in [0.29, 0.717) is 19.5 Å². The van der Waals surface area contributed by atoms with Gasteiger partial charge in [0.25, 0.3) is 0 Å². The Hall–Kier alpha value is -2.95. The number of aromatic nitrogens is 1. The summed E-state index contributed by atoms with van der Waals surface area (Å²) in [5, 5.41) is 7.50. The molecule has 0 saturated heterocycles. The summed E-state index contributed by atoms with van der Waals surface area (Å²) in [5.74, 6) is 0.858. The number of benzene rings is 2. The van der Waals surface area contributed by atoms with E-state index in [2.05, 4.69) is 27.8 Å². The third-order valence-electron chi connectivity index (χ3n) is 4.31. The number of carbonyl (C=O) groups excluding carboxylic acids is 1. The van der Waals surface area contributed by atoms with Gasteiger partial charge < -0.3 is 20.4 Å². The number of para-hydroxylation sites is 3. The highest BCUT2D eigenvalue weighted by atomic mass is 16.5. The highest BCUT2D eigenvalue weighted by Crippen LogP contribution is 2.24. The van der Waals surface area contributed by atoms with Gasteiger partial charge in [-0.15, -0.1) is 0 Å². The van der Waals surface area contributed by atoms with E-state index in [-0.39, 0.29) is 12.0 Å². The minimum Gasteiger partial charge on any atom is -0.489 e. The van der Waals surface area contributed by atoms with Crippen molar-refractivity contribution in [1.29, 1.82) is 0 Å². The molecule has 0 spiro atoms. The number of amides is 1. The summed E-state index contributed by atoms with van der Waals surface area (Å²) in [5.41, 5.74) is 3.27. The summed E-state index contributed by atoms with van der Waals surface area (Å²) < 4.78 is 5.78. The lowest BCUT2D eigenvalue weighted by Crippen LogP contribution is -2.27. The van der Waals surface area contributed by atoms with Crippen LogP contribution in [-0.2, 0) is 11.2 Å². The van der Waals surface area contributed by atoms with Crippen LogP contribution in [0.25, 0.3) is 10.9 Å². The number of H-pyrrole nitrogens is 1. The summed E-state index contributed by atoms with van der Waals surface area (Å²) in [6.45, 7) is 5.20. The van der Waals surface area contributed by atoms with Crippen molar-refractivity contribution in [3.05, 3.63) is 60.3 Å².